The van der Waals surface area contributed by atoms with Crippen LogP contribution in [0.3, 0.4) is 0 Å². The molecule has 1 aromatic rings. The summed E-state index contributed by atoms with van der Waals surface area (Å²) in [5, 5.41) is 2.82. The minimum atomic E-state index is -0.206. The third-order valence-electron chi connectivity index (χ3n) is 3.00. The summed E-state index contributed by atoms with van der Waals surface area (Å²) in [6.45, 7) is 6.73. The standard InChI is InChI=1S/C14H22N2O2/c1-10-5-6-12(18-4)11(7-10)14(2,3)9-16-13(17)8-15/h5-7H,8-9,15H2,1-4H3,(H,16,17). The number of benzene rings is 1. The Kier molecular flexibility index (Phi) is 4.73. The van der Waals surface area contributed by atoms with Crippen LogP contribution in [-0.2, 0) is 10.2 Å². The Morgan fingerprint density at radius 1 is 1.44 bits per heavy atom. The molecule has 0 heterocycles. The number of nitrogens with two attached hydrogens (primary N) is 1. The van der Waals surface area contributed by atoms with Crippen molar-refractivity contribution in [1.29, 1.82) is 0 Å². The van der Waals surface area contributed by atoms with Crippen molar-refractivity contribution in [3.8, 4) is 5.75 Å². The van der Waals surface area contributed by atoms with Crippen LogP contribution < -0.4 is 15.8 Å². The number of rotatable bonds is 5. The van der Waals surface area contributed by atoms with E-state index in [9.17, 15) is 4.79 Å². The molecular formula is C14H22N2O2. The van der Waals surface area contributed by atoms with Gasteiger partial charge in [0.05, 0.1) is 13.7 Å². The molecule has 3 N–H and O–H groups in total. The second kappa shape index (κ2) is 5.87. The predicted octanol–water partition coefficient (Wildman–Crippen LogP) is 1.36. The Morgan fingerprint density at radius 3 is 2.67 bits per heavy atom. The number of carbonyl (C=O) groups is 1. The quantitative estimate of drug-likeness (QED) is 0.829. The van der Waals surface area contributed by atoms with Crippen LogP contribution in [-0.4, -0.2) is 26.1 Å². The molecule has 1 amide bonds. The highest BCUT2D eigenvalue weighted by atomic mass is 16.5. The van der Waals surface area contributed by atoms with Crippen LogP contribution in [0.1, 0.15) is 25.0 Å². The van der Waals surface area contributed by atoms with Crippen molar-refractivity contribution in [2.45, 2.75) is 26.2 Å². The fraction of sp³-hybridized carbons (Fsp3) is 0.500. The SMILES string of the molecule is COc1ccc(C)cc1C(C)(C)CNC(=O)CN. The Balaban J connectivity index is 2.95. The number of ether oxygens (including phenoxy) is 1. The second-order valence-corrected chi connectivity index (χ2v) is 5.07. The van der Waals surface area contributed by atoms with E-state index in [0.717, 1.165) is 11.3 Å². The summed E-state index contributed by atoms with van der Waals surface area (Å²) >= 11 is 0. The number of hydrogen-bond donors (Lipinski definition) is 2. The van der Waals surface area contributed by atoms with Crippen LogP contribution >= 0.6 is 0 Å². The molecular weight excluding hydrogens is 228 g/mol. The lowest BCUT2D eigenvalue weighted by molar-refractivity contribution is -0.119. The Bertz CT molecular complexity index is 428. The molecule has 0 fully saturated rings. The van der Waals surface area contributed by atoms with Gasteiger partial charge in [-0.1, -0.05) is 31.5 Å². The third kappa shape index (κ3) is 3.47. The van der Waals surface area contributed by atoms with Crippen LogP contribution in [0.5, 0.6) is 5.75 Å². The highest BCUT2D eigenvalue weighted by Gasteiger charge is 2.25. The summed E-state index contributed by atoms with van der Waals surface area (Å²) in [6, 6.07) is 6.06. The number of amides is 1. The van der Waals surface area contributed by atoms with Gasteiger partial charge in [0, 0.05) is 17.5 Å². The average molecular weight is 250 g/mol. The van der Waals surface area contributed by atoms with Crippen LogP contribution in [0.25, 0.3) is 0 Å². The molecule has 4 heteroatoms. The summed E-state index contributed by atoms with van der Waals surface area (Å²) in [6.07, 6.45) is 0. The zero-order valence-corrected chi connectivity index (χ0v) is 11.5. The van der Waals surface area contributed by atoms with Gasteiger partial charge in [-0.2, -0.15) is 0 Å². The van der Waals surface area contributed by atoms with Crippen molar-refractivity contribution < 1.29 is 9.53 Å². The zero-order valence-electron chi connectivity index (χ0n) is 11.5. The first-order valence-corrected chi connectivity index (χ1v) is 6.02. The first-order valence-electron chi connectivity index (χ1n) is 6.02. The molecule has 0 saturated heterocycles. The number of aryl methyl sites for hydroxylation is 1. The van der Waals surface area contributed by atoms with Gasteiger partial charge in [-0.25, -0.2) is 0 Å². The van der Waals surface area contributed by atoms with Gasteiger partial charge < -0.3 is 15.8 Å². The fourth-order valence-corrected chi connectivity index (χ4v) is 1.84. The van der Waals surface area contributed by atoms with Gasteiger partial charge in [-0.05, 0) is 13.0 Å². The van der Waals surface area contributed by atoms with E-state index >= 15 is 0 Å². The molecule has 4 nitrogen and oxygen atoms in total. The third-order valence-corrected chi connectivity index (χ3v) is 3.00. The van der Waals surface area contributed by atoms with E-state index in [4.69, 9.17) is 10.5 Å². The number of nitrogens with one attached hydrogen (secondary N) is 1. The molecule has 0 aliphatic rings. The van der Waals surface area contributed by atoms with E-state index in [0.29, 0.717) is 6.54 Å². The lowest BCUT2D eigenvalue weighted by Gasteiger charge is -2.27. The number of methoxy groups -OCH3 is 1. The Hall–Kier alpha value is -1.55. The molecule has 0 aromatic heterocycles. The maximum Gasteiger partial charge on any atom is 0.233 e. The highest BCUT2D eigenvalue weighted by Crippen LogP contribution is 2.31. The summed E-state index contributed by atoms with van der Waals surface area (Å²) in [5.74, 6) is 0.697. The molecule has 0 atom stereocenters. The number of carbonyl (C=O) groups excluding carboxylic acids is 1. The highest BCUT2D eigenvalue weighted by molar-refractivity contribution is 5.77. The van der Waals surface area contributed by atoms with E-state index < -0.39 is 0 Å². The van der Waals surface area contributed by atoms with Crippen molar-refractivity contribution in [2.75, 3.05) is 20.2 Å². The van der Waals surface area contributed by atoms with E-state index in [1.54, 1.807) is 7.11 Å². The van der Waals surface area contributed by atoms with Crippen LogP contribution in [0, 0.1) is 6.92 Å². The van der Waals surface area contributed by atoms with E-state index in [2.05, 4.69) is 25.2 Å². The monoisotopic (exact) mass is 250 g/mol. The molecule has 100 valence electrons. The summed E-state index contributed by atoms with van der Waals surface area (Å²) in [4.78, 5) is 11.2. The van der Waals surface area contributed by atoms with Crippen LogP contribution in [0.15, 0.2) is 18.2 Å². The largest absolute Gasteiger partial charge is 0.496 e. The van der Waals surface area contributed by atoms with E-state index in [1.807, 2.05) is 19.1 Å². The van der Waals surface area contributed by atoms with Crippen molar-refractivity contribution in [3.05, 3.63) is 29.3 Å². The minimum Gasteiger partial charge on any atom is -0.496 e. The molecule has 0 unspecified atom stereocenters. The first kappa shape index (κ1) is 14.5. The zero-order chi connectivity index (χ0) is 13.8. The van der Waals surface area contributed by atoms with Crippen LogP contribution in [0.4, 0.5) is 0 Å². The van der Waals surface area contributed by atoms with Crippen molar-refractivity contribution in [2.24, 2.45) is 5.73 Å². The van der Waals surface area contributed by atoms with Gasteiger partial charge >= 0.3 is 0 Å². The second-order valence-electron chi connectivity index (χ2n) is 5.07. The maximum atomic E-state index is 11.2. The first-order chi connectivity index (χ1) is 8.40. The van der Waals surface area contributed by atoms with Crippen LogP contribution in [0.2, 0.25) is 0 Å². The lowest BCUT2D eigenvalue weighted by Crippen LogP contribution is -2.39. The summed E-state index contributed by atoms with van der Waals surface area (Å²) < 4.78 is 5.38. The molecule has 0 bridgehead atoms. The van der Waals surface area contributed by atoms with Crippen molar-refractivity contribution >= 4 is 5.91 Å². The molecule has 1 aromatic carbocycles. The van der Waals surface area contributed by atoms with E-state index in [1.165, 1.54) is 5.56 Å². The van der Waals surface area contributed by atoms with Gasteiger partial charge in [0.15, 0.2) is 0 Å². The average Bonchev–Trinajstić information content (AvgIpc) is 2.36. The lowest BCUT2D eigenvalue weighted by atomic mass is 9.83. The smallest absolute Gasteiger partial charge is 0.233 e. The van der Waals surface area contributed by atoms with Crippen molar-refractivity contribution in [1.82, 2.24) is 5.32 Å². The molecule has 18 heavy (non-hydrogen) atoms. The summed E-state index contributed by atoms with van der Waals surface area (Å²) in [7, 11) is 1.66. The van der Waals surface area contributed by atoms with Gasteiger partial charge in [0.2, 0.25) is 5.91 Å². The molecule has 1 rings (SSSR count). The van der Waals surface area contributed by atoms with Gasteiger partial charge in [-0.3, -0.25) is 4.79 Å². The maximum absolute atomic E-state index is 11.2. The van der Waals surface area contributed by atoms with E-state index in [-0.39, 0.29) is 17.9 Å². The summed E-state index contributed by atoms with van der Waals surface area (Å²) in [5.41, 5.74) is 7.33. The fourth-order valence-electron chi connectivity index (χ4n) is 1.84. The van der Waals surface area contributed by atoms with Gasteiger partial charge in [0.25, 0.3) is 0 Å². The minimum absolute atomic E-state index is 0.0149. The molecule has 0 spiro atoms. The topological polar surface area (TPSA) is 64.3 Å². The van der Waals surface area contributed by atoms with Gasteiger partial charge in [0.1, 0.15) is 5.75 Å². The molecule has 0 saturated carbocycles. The Labute approximate surface area is 109 Å². The Morgan fingerprint density at radius 2 is 2.11 bits per heavy atom. The predicted molar refractivity (Wildman–Crippen MR) is 72.8 cm³/mol. The normalized spacial score (nSPS) is 11.2. The molecule has 0 aliphatic heterocycles. The van der Waals surface area contributed by atoms with Gasteiger partial charge in [-0.15, -0.1) is 0 Å². The molecule has 0 radical (unpaired) electrons. The molecule has 0 aliphatic carbocycles. The van der Waals surface area contributed by atoms with Crippen molar-refractivity contribution in [3.63, 3.8) is 0 Å². The number of hydrogen-bond acceptors (Lipinski definition) is 3.